The average molecular weight is 255 g/mol. The minimum atomic E-state index is -1.05. The first-order valence-corrected chi connectivity index (χ1v) is 3.57. The number of rotatable bonds is 3. The van der Waals surface area contributed by atoms with E-state index in [1.54, 1.807) is 12.1 Å². The Morgan fingerprint density at radius 3 is 2.47 bits per heavy atom. The number of anilines is 1. The Hall–Kier alpha value is -1.17. The zero-order valence-corrected chi connectivity index (χ0v) is 9.52. The van der Waals surface area contributed by atoms with Crippen molar-refractivity contribution in [3.63, 3.8) is 0 Å². The summed E-state index contributed by atoms with van der Waals surface area (Å²) in [6.45, 7) is 0. The summed E-state index contributed by atoms with van der Waals surface area (Å²) in [6, 6.07) is 4.57. The van der Waals surface area contributed by atoms with Gasteiger partial charge in [0.2, 0.25) is 0 Å². The third kappa shape index (κ3) is 3.83. The van der Waals surface area contributed by atoms with Gasteiger partial charge < -0.3 is 15.3 Å². The van der Waals surface area contributed by atoms with Crippen molar-refractivity contribution in [2.45, 2.75) is 0 Å². The molecule has 15 heavy (non-hydrogen) atoms. The number of nitrogens with two attached hydrogens (primary N) is 1. The SMILES string of the molecule is COc1ccc(NN)c(C(=O)O)c1.Cl.Cl. The number of carbonyl (C=O) groups is 1. The lowest BCUT2D eigenvalue weighted by molar-refractivity contribution is 0.0697. The third-order valence-corrected chi connectivity index (χ3v) is 1.61. The molecule has 0 spiro atoms. The zero-order chi connectivity index (χ0) is 9.84. The first-order chi connectivity index (χ1) is 6.19. The van der Waals surface area contributed by atoms with E-state index in [9.17, 15) is 4.79 Å². The van der Waals surface area contributed by atoms with E-state index < -0.39 is 5.97 Å². The Kier molecular flexibility index (Phi) is 7.77. The molecule has 0 saturated carbocycles. The number of ether oxygens (including phenoxy) is 1. The van der Waals surface area contributed by atoms with Crippen LogP contribution in [0, 0.1) is 0 Å². The topological polar surface area (TPSA) is 84.6 Å². The van der Waals surface area contributed by atoms with Crippen LogP contribution in [0.4, 0.5) is 5.69 Å². The van der Waals surface area contributed by atoms with Gasteiger partial charge in [0.25, 0.3) is 0 Å². The number of carboxylic acid groups (broad SMARTS) is 1. The van der Waals surface area contributed by atoms with Crippen molar-refractivity contribution in [1.29, 1.82) is 0 Å². The molecule has 0 radical (unpaired) electrons. The van der Waals surface area contributed by atoms with Crippen molar-refractivity contribution in [3.8, 4) is 5.75 Å². The van der Waals surface area contributed by atoms with Crippen LogP contribution in [0.1, 0.15) is 10.4 Å². The highest BCUT2D eigenvalue weighted by atomic mass is 35.5. The molecule has 5 nitrogen and oxygen atoms in total. The summed E-state index contributed by atoms with van der Waals surface area (Å²) in [4.78, 5) is 10.7. The molecule has 86 valence electrons. The van der Waals surface area contributed by atoms with Gasteiger partial charge in [0, 0.05) is 0 Å². The number of aromatic carboxylic acids is 1. The maximum Gasteiger partial charge on any atom is 0.337 e. The molecule has 1 aromatic carbocycles. The van der Waals surface area contributed by atoms with Crippen molar-refractivity contribution < 1.29 is 14.6 Å². The second-order valence-corrected chi connectivity index (χ2v) is 2.36. The summed E-state index contributed by atoms with van der Waals surface area (Å²) < 4.78 is 4.87. The number of nitrogens with one attached hydrogen (secondary N) is 1. The molecule has 0 heterocycles. The van der Waals surface area contributed by atoms with Crippen molar-refractivity contribution in [2.75, 3.05) is 12.5 Å². The summed E-state index contributed by atoms with van der Waals surface area (Å²) in [5, 5.41) is 8.77. The van der Waals surface area contributed by atoms with Gasteiger partial charge in [-0.25, -0.2) is 4.79 Å². The van der Waals surface area contributed by atoms with Gasteiger partial charge in [-0.05, 0) is 18.2 Å². The standard InChI is InChI=1S/C8H10N2O3.2ClH/c1-13-5-2-3-7(10-9)6(4-5)8(11)12;;/h2-4,10H,9H2,1H3,(H,11,12);2*1H. The first kappa shape index (κ1) is 16.3. The van der Waals surface area contributed by atoms with Crippen molar-refractivity contribution >= 4 is 36.5 Å². The fourth-order valence-electron chi connectivity index (χ4n) is 0.953. The van der Waals surface area contributed by atoms with E-state index in [0.717, 1.165) is 0 Å². The van der Waals surface area contributed by atoms with Gasteiger partial charge in [0.15, 0.2) is 0 Å². The van der Waals surface area contributed by atoms with Crippen molar-refractivity contribution in [1.82, 2.24) is 0 Å². The Bertz CT molecular complexity index is 334. The van der Waals surface area contributed by atoms with E-state index >= 15 is 0 Å². The quantitative estimate of drug-likeness (QED) is 0.563. The summed E-state index contributed by atoms with van der Waals surface area (Å²) in [6.07, 6.45) is 0. The molecule has 1 aromatic rings. The molecule has 0 aliphatic carbocycles. The van der Waals surface area contributed by atoms with E-state index in [1.165, 1.54) is 13.2 Å². The van der Waals surface area contributed by atoms with E-state index in [0.29, 0.717) is 11.4 Å². The number of methoxy groups -OCH3 is 1. The van der Waals surface area contributed by atoms with Crippen LogP contribution in [0.3, 0.4) is 0 Å². The third-order valence-electron chi connectivity index (χ3n) is 1.61. The number of hydrogen-bond acceptors (Lipinski definition) is 4. The lowest BCUT2D eigenvalue weighted by Gasteiger charge is -2.06. The minimum absolute atomic E-state index is 0. The molecule has 0 aliphatic heterocycles. The maximum atomic E-state index is 10.7. The second kappa shape index (κ2) is 7.17. The minimum Gasteiger partial charge on any atom is -0.497 e. The smallest absolute Gasteiger partial charge is 0.337 e. The molecule has 0 atom stereocenters. The van der Waals surface area contributed by atoms with Gasteiger partial charge in [-0.1, -0.05) is 0 Å². The molecule has 0 amide bonds. The molecule has 1 rings (SSSR count). The van der Waals surface area contributed by atoms with Crippen LogP contribution in [0.5, 0.6) is 5.75 Å². The van der Waals surface area contributed by atoms with E-state index in [-0.39, 0.29) is 30.4 Å². The van der Waals surface area contributed by atoms with Crippen molar-refractivity contribution in [2.24, 2.45) is 5.84 Å². The number of hydrogen-bond donors (Lipinski definition) is 3. The van der Waals surface area contributed by atoms with Gasteiger partial charge in [0.1, 0.15) is 5.75 Å². The highest BCUT2D eigenvalue weighted by Gasteiger charge is 2.09. The van der Waals surface area contributed by atoms with Crippen LogP contribution in [-0.4, -0.2) is 18.2 Å². The molecular weight excluding hydrogens is 243 g/mol. The molecule has 7 heteroatoms. The molecule has 0 aromatic heterocycles. The molecular formula is C8H12Cl2N2O3. The molecule has 0 fully saturated rings. The normalized spacial score (nSPS) is 8.13. The Balaban J connectivity index is 0. The summed E-state index contributed by atoms with van der Waals surface area (Å²) >= 11 is 0. The van der Waals surface area contributed by atoms with Crippen LogP contribution in [0.15, 0.2) is 18.2 Å². The van der Waals surface area contributed by atoms with E-state index in [1.807, 2.05) is 0 Å². The maximum absolute atomic E-state index is 10.7. The zero-order valence-electron chi connectivity index (χ0n) is 7.89. The summed E-state index contributed by atoms with van der Waals surface area (Å²) in [5.74, 6) is 4.56. The van der Waals surface area contributed by atoms with Crippen LogP contribution < -0.4 is 16.0 Å². The average Bonchev–Trinajstić information content (AvgIpc) is 2.16. The fourth-order valence-corrected chi connectivity index (χ4v) is 0.953. The molecule has 0 bridgehead atoms. The predicted molar refractivity (Wildman–Crippen MR) is 62.3 cm³/mol. The van der Waals surface area contributed by atoms with Gasteiger partial charge in [-0.2, -0.15) is 0 Å². The van der Waals surface area contributed by atoms with Gasteiger partial charge in [-0.15, -0.1) is 24.8 Å². The monoisotopic (exact) mass is 254 g/mol. The number of benzene rings is 1. The Morgan fingerprint density at radius 1 is 1.47 bits per heavy atom. The lowest BCUT2D eigenvalue weighted by Crippen LogP contribution is -2.11. The molecule has 0 unspecified atom stereocenters. The highest BCUT2D eigenvalue weighted by molar-refractivity contribution is 5.94. The summed E-state index contributed by atoms with van der Waals surface area (Å²) in [7, 11) is 1.47. The molecule has 0 saturated heterocycles. The predicted octanol–water partition coefficient (Wildman–Crippen LogP) is 1.52. The van der Waals surface area contributed by atoms with Crippen LogP contribution in [-0.2, 0) is 0 Å². The Labute approximate surface area is 99.4 Å². The fraction of sp³-hybridized carbons (Fsp3) is 0.125. The summed E-state index contributed by atoms with van der Waals surface area (Å²) in [5.41, 5.74) is 2.73. The highest BCUT2D eigenvalue weighted by Crippen LogP contribution is 2.20. The largest absolute Gasteiger partial charge is 0.497 e. The van der Waals surface area contributed by atoms with Gasteiger partial charge in [0.05, 0.1) is 18.4 Å². The van der Waals surface area contributed by atoms with Gasteiger partial charge >= 0.3 is 5.97 Å². The van der Waals surface area contributed by atoms with E-state index in [2.05, 4.69) is 5.43 Å². The second-order valence-electron chi connectivity index (χ2n) is 2.36. The van der Waals surface area contributed by atoms with Crippen LogP contribution >= 0.6 is 24.8 Å². The number of halogens is 2. The number of carboxylic acids is 1. The molecule has 0 aliphatic rings. The molecule has 4 N–H and O–H groups in total. The van der Waals surface area contributed by atoms with Gasteiger partial charge in [-0.3, -0.25) is 5.84 Å². The number of hydrazine groups is 1. The van der Waals surface area contributed by atoms with Crippen LogP contribution in [0.2, 0.25) is 0 Å². The van der Waals surface area contributed by atoms with Crippen LogP contribution in [0.25, 0.3) is 0 Å². The van der Waals surface area contributed by atoms with E-state index in [4.69, 9.17) is 15.7 Å². The lowest BCUT2D eigenvalue weighted by atomic mass is 10.2. The first-order valence-electron chi connectivity index (χ1n) is 3.57. The number of nitrogen functional groups attached to an aromatic ring is 1. The Morgan fingerprint density at radius 2 is 2.07 bits per heavy atom. The van der Waals surface area contributed by atoms with Crippen molar-refractivity contribution in [3.05, 3.63) is 23.8 Å².